The van der Waals surface area contributed by atoms with Gasteiger partial charge in [-0.15, -0.1) is 0 Å². The van der Waals surface area contributed by atoms with E-state index in [0.717, 1.165) is 15.4 Å². The lowest BCUT2D eigenvalue weighted by atomic mass is 10.1. The predicted octanol–water partition coefficient (Wildman–Crippen LogP) is 6.25. The van der Waals surface area contributed by atoms with E-state index < -0.39 is 35.6 Å². The molecule has 0 radical (unpaired) electrons. The zero-order valence-electron chi connectivity index (χ0n) is 26.0. The van der Waals surface area contributed by atoms with Gasteiger partial charge in [0.1, 0.15) is 23.0 Å². The Morgan fingerprint density at radius 3 is 1.43 bits per heavy atom. The molecule has 240 valence electrons. The summed E-state index contributed by atoms with van der Waals surface area (Å²) in [4.78, 5) is 78.6. The number of carbonyl (C=O) groups is 6. The van der Waals surface area contributed by atoms with Crippen molar-refractivity contribution < 1.29 is 43.0 Å². The highest BCUT2D eigenvalue weighted by molar-refractivity contribution is 6.34. The maximum Gasteiger partial charge on any atom is 0.343 e. The topological polar surface area (TPSA) is 137 Å². The van der Waals surface area contributed by atoms with Crippen LogP contribution < -0.4 is 19.1 Å². The minimum atomic E-state index is -0.772. The number of ether oxygens (including phenoxy) is 3. The number of nitrogens with zero attached hydrogens (tertiary/aromatic N) is 2. The van der Waals surface area contributed by atoms with E-state index in [4.69, 9.17) is 14.2 Å². The fourth-order valence-electron chi connectivity index (χ4n) is 5.40. The summed E-state index contributed by atoms with van der Waals surface area (Å²) in [5.41, 5.74) is 2.12. The van der Waals surface area contributed by atoms with Gasteiger partial charge in [0.2, 0.25) is 0 Å². The summed E-state index contributed by atoms with van der Waals surface area (Å²) in [6, 6.07) is 27.9. The van der Waals surface area contributed by atoms with Gasteiger partial charge in [-0.3, -0.25) is 24.1 Å². The summed E-state index contributed by atoms with van der Waals surface area (Å²) in [5.74, 6) is -2.13. The average Bonchev–Trinajstić information content (AvgIpc) is 3.49. The molecule has 11 nitrogen and oxygen atoms in total. The quantitative estimate of drug-likeness (QED) is 0.113. The molecule has 7 rings (SSSR count). The van der Waals surface area contributed by atoms with Crippen molar-refractivity contribution in [3.8, 4) is 23.0 Å². The lowest BCUT2D eigenvalue weighted by molar-refractivity contribution is 0.0688. The fraction of sp³-hybridized carbons (Fsp3) is 0.0526. The monoisotopic (exact) mass is 652 g/mol. The number of carbonyl (C=O) groups excluding carboxylic acids is 6. The van der Waals surface area contributed by atoms with Gasteiger partial charge in [0.15, 0.2) is 0 Å². The van der Waals surface area contributed by atoms with E-state index in [1.165, 1.54) is 67.7 Å². The summed E-state index contributed by atoms with van der Waals surface area (Å²) < 4.78 is 16.7. The van der Waals surface area contributed by atoms with Gasteiger partial charge >= 0.3 is 11.9 Å². The van der Waals surface area contributed by atoms with Gasteiger partial charge in [0.05, 0.1) is 39.1 Å². The Kier molecular flexibility index (Phi) is 7.56. The first kappa shape index (κ1) is 30.8. The first-order chi connectivity index (χ1) is 23.6. The number of benzene rings is 5. The number of anilines is 1. The Hall–Kier alpha value is -6.88. The Bertz CT molecular complexity index is 2220. The van der Waals surface area contributed by atoms with Crippen LogP contribution in [-0.2, 0) is 0 Å². The van der Waals surface area contributed by atoms with Crippen LogP contribution in [0, 0.1) is 6.92 Å². The molecule has 0 spiro atoms. The molecule has 0 saturated heterocycles. The van der Waals surface area contributed by atoms with Crippen molar-refractivity contribution in [2.24, 2.45) is 0 Å². The van der Waals surface area contributed by atoms with Crippen molar-refractivity contribution in [3.05, 3.63) is 148 Å². The number of fused-ring (bicyclic) bond motifs is 2. The highest BCUT2D eigenvalue weighted by Crippen LogP contribution is 2.32. The second-order valence-electron chi connectivity index (χ2n) is 11.3. The molecule has 4 amide bonds. The zero-order valence-corrected chi connectivity index (χ0v) is 26.0. The number of imide groups is 2. The summed E-state index contributed by atoms with van der Waals surface area (Å²) in [6.07, 6.45) is 0. The maximum absolute atomic E-state index is 13.3. The summed E-state index contributed by atoms with van der Waals surface area (Å²) >= 11 is 0. The smallest absolute Gasteiger partial charge is 0.343 e. The van der Waals surface area contributed by atoms with Crippen LogP contribution in [0.2, 0.25) is 0 Å². The normalized spacial score (nSPS) is 13.3. The molecule has 49 heavy (non-hydrogen) atoms. The number of amides is 4. The third-order valence-corrected chi connectivity index (χ3v) is 8.04. The molecule has 11 heteroatoms. The third kappa shape index (κ3) is 5.69. The number of rotatable bonds is 7. The van der Waals surface area contributed by atoms with Crippen LogP contribution in [-0.4, -0.2) is 47.5 Å². The molecule has 0 saturated carbocycles. The van der Waals surface area contributed by atoms with Gasteiger partial charge in [-0.1, -0.05) is 17.7 Å². The molecule has 0 fully saturated rings. The number of hydrogen-bond donors (Lipinski definition) is 0. The number of aryl methyl sites for hydroxylation is 1. The minimum Gasteiger partial charge on any atom is -0.457 e. The van der Waals surface area contributed by atoms with Gasteiger partial charge in [0.25, 0.3) is 23.6 Å². The largest absolute Gasteiger partial charge is 0.457 e. The molecule has 0 bridgehead atoms. The molecule has 0 aromatic heterocycles. The first-order valence-electron chi connectivity index (χ1n) is 15.0. The van der Waals surface area contributed by atoms with E-state index in [1.807, 2.05) is 31.2 Å². The van der Waals surface area contributed by atoms with E-state index >= 15 is 0 Å². The van der Waals surface area contributed by atoms with Gasteiger partial charge in [-0.05, 0) is 104 Å². The number of hydrogen-bond acceptors (Lipinski definition) is 9. The van der Waals surface area contributed by atoms with E-state index in [9.17, 15) is 28.8 Å². The molecular weight excluding hydrogens is 628 g/mol. The molecule has 0 atom stereocenters. The van der Waals surface area contributed by atoms with Crippen molar-refractivity contribution in [1.82, 2.24) is 4.90 Å². The molecule has 0 unspecified atom stereocenters. The lowest BCUT2D eigenvalue weighted by Crippen LogP contribution is -2.29. The molecule has 0 aliphatic carbocycles. The van der Waals surface area contributed by atoms with Gasteiger partial charge in [-0.25, -0.2) is 14.5 Å². The van der Waals surface area contributed by atoms with E-state index in [1.54, 1.807) is 24.3 Å². The van der Waals surface area contributed by atoms with Crippen LogP contribution >= 0.6 is 0 Å². The Morgan fingerprint density at radius 2 is 0.898 bits per heavy atom. The van der Waals surface area contributed by atoms with Crippen molar-refractivity contribution in [3.63, 3.8) is 0 Å². The van der Waals surface area contributed by atoms with Gasteiger partial charge in [0, 0.05) is 7.05 Å². The summed E-state index contributed by atoms with van der Waals surface area (Å²) in [7, 11) is 1.36. The Balaban J connectivity index is 0.994. The first-order valence-corrected chi connectivity index (χ1v) is 15.0. The predicted molar refractivity (Wildman–Crippen MR) is 175 cm³/mol. The van der Waals surface area contributed by atoms with Crippen LogP contribution in [0.4, 0.5) is 5.69 Å². The van der Waals surface area contributed by atoms with Crippen molar-refractivity contribution >= 4 is 41.3 Å². The third-order valence-electron chi connectivity index (χ3n) is 8.04. The molecule has 2 heterocycles. The maximum atomic E-state index is 13.3. The second-order valence-corrected chi connectivity index (χ2v) is 11.3. The molecular formula is C38H24N2O9. The Labute approximate surface area is 278 Å². The highest BCUT2D eigenvalue weighted by atomic mass is 16.5. The zero-order chi connectivity index (χ0) is 34.4. The van der Waals surface area contributed by atoms with Crippen molar-refractivity contribution in [2.75, 3.05) is 11.9 Å². The summed E-state index contributed by atoms with van der Waals surface area (Å²) in [5, 5.41) is 0. The fourth-order valence-corrected chi connectivity index (χ4v) is 5.40. The SMILES string of the molecule is Cc1ccc(Oc2ccc(N3C(=O)c4ccc(C(=O)Oc5ccc(OC(=O)c6ccc7c(c6)C(=O)N(C)C7=O)cc5)cc4C3=O)cc2)cc1. The van der Waals surface area contributed by atoms with E-state index in [0.29, 0.717) is 17.2 Å². The van der Waals surface area contributed by atoms with Crippen molar-refractivity contribution in [2.45, 2.75) is 6.92 Å². The van der Waals surface area contributed by atoms with Crippen LogP contribution in [0.25, 0.3) is 0 Å². The molecule has 2 aliphatic rings. The molecule has 5 aromatic carbocycles. The molecule has 0 N–H and O–H groups in total. The van der Waals surface area contributed by atoms with Crippen molar-refractivity contribution in [1.29, 1.82) is 0 Å². The lowest BCUT2D eigenvalue weighted by Gasteiger charge is -2.14. The average molecular weight is 653 g/mol. The van der Waals surface area contributed by atoms with E-state index in [2.05, 4.69) is 0 Å². The van der Waals surface area contributed by atoms with Gasteiger partial charge < -0.3 is 14.2 Å². The molecule has 2 aliphatic heterocycles. The van der Waals surface area contributed by atoms with Crippen LogP contribution in [0.1, 0.15) is 67.7 Å². The van der Waals surface area contributed by atoms with Crippen LogP contribution in [0.15, 0.2) is 109 Å². The van der Waals surface area contributed by atoms with Crippen LogP contribution in [0.5, 0.6) is 23.0 Å². The number of esters is 2. The summed E-state index contributed by atoms with van der Waals surface area (Å²) in [6.45, 7) is 1.98. The second kappa shape index (κ2) is 12.0. The highest BCUT2D eigenvalue weighted by Gasteiger charge is 2.37. The van der Waals surface area contributed by atoms with Gasteiger partial charge in [-0.2, -0.15) is 0 Å². The van der Waals surface area contributed by atoms with E-state index in [-0.39, 0.29) is 44.9 Å². The van der Waals surface area contributed by atoms with Crippen LogP contribution in [0.3, 0.4) is 0 Å². The standard InChI is InChI=1S/C38H24N2O9/c1-21-3-9-25(10-4-21)47-26-11-7-24(8-12-26)40-35(43)30-18-6-23(20-32(30)36(40)44)38(46)49-28-15-13-27(14-16-28)48-37(45)22-5-17-29-31(19-22)34(42)39(2)33(29)41/h3-20H,1-2H3. The molecule has 5 aromatic rings. The minimum absolute atomic E-state index is 0.0504. The Morgan fingerprint density at radius 1 is 0.490 bits per heavy atom.